The Balaban J connectivity index is 1.72. The predicted octanol–water partition coefficient (Wildman–Crippen LogP) is 3.86. The van der Waals surface area contributed by atoms with Crippen LogP contribution in [0, 0.1) is 5.92 Å². The first kappa shape index (κ1) is 14.2. The number of likely N-dealkylation sites (tertiary alicyclic amines) is 1. The summed E-state index contributed by atoms with van der Waals surface area (Å²) >= 11 is 1.68. The second-order valence-corrected chi connectivity index (χ2v) is 6.83. The van der Waals surface area contributed by atoms with E-state index in [9.17, 15) is 4.79 Å². The van der Waals surface area contributed by atoms with Crippen molar-refractivity contribution in [2.75, 3.05) is 19.3 Å². The van der Waals surface area contributed by atoms with E-state index in [1.54, 1.807) is 11.8 Å². The van der Waals surface area contributed by atoms with Crippen LogP contribution in [0.1, 0.15) is 42.5 Å². The maximum absolute atomic E-state index is 12.8. The quantitative estimate of drug-likeness (QED) is 0.620. The minimum Gasteiger partial charge on any atom is -0.300 e. The van der Waals surface area contributed by atoms with Gasteiger partial charge >= 0.3 is 0 Å². The number of ketones is 1. The van der Waals surface area contributed by atoms with E-state index in [-0.39, 0.29) is 5.92 Å². The van der Waals surface area contributed by atoms with Gasteiger partial charge in [-0.15, -0.1) is 11.8 Å². The third kappa shape index (κ3) is 2.79. The number of nitrogens with zero attached hydrogens (tertiary/aromatic N) is 1. The van der Waals surface area contributed by atoms with E-state index >= 15 is 0 Å². The maximum atomic E-state index is 12.8. The highest BCUT2D eigenvalue weighted by Crippen LogP contribution is 2.31. The first-order valence-electron chi connectivity index (χ1n) is 7.71. The molecule has 0 N–H and O–H groups in total. The monoisotopic (exact) mass is 289 g/mol. The number of benzene rings is 1. The topological polar surface area (TPSA) is 20.3 Å². The van der Waals surface area contributed by atoms with Gasteiger partial charge in [-0.2, -0.15) is 0 Å². The molecule has 2 aliphatic rings. The Labute approximate surface area is 125 Å². The van der Waals surface area contributed by atoms with E-state index in [1.165, 1.54) is 32.2 Å². The summed E-state index contributed by atoms with van der Waals surface area (Å²) in [6.45, 7) is 2.17. The van der Waals surface area contributed by atoms with Crippen molar-refractivity contribution in [2.45, 2.75) is 43.0 Å². The van der Waals surface area contributed by atoms with Gasteiger partial charge in [-0.3, -0.25) is 9.69 Å². The van der Waals surface area contributed by atoms with Crippen LogP contribution >= 0.6 is 11.8 Å². The van der Waals surface area contributed by atoms with Gasteiger partial charge in [-0.25, -0.2) is 0 Å². The normalized spacial score (nSPS) is 24.4. The van der Waals surface area contributed by atoms with Gasteiger partial charge < -0.3 is 0 Å². The Morgan fingerprint density at radius 2 is 2.00 bits per heavy atom. The Bertz CT molecular complexity index is 484. The van der Waals surface area contributed by atoms with E-state index in [0.717, 1.165) is 29.5 Å². The molecular formula is C17H23NOS. The van der Waals surface area contributed by atoms with Gasteiger partial charge in [-0.1, -0.05) is 24.6 Å². The highest BCUT2D eigenvalue weighted by molar-refractivity contribution is 7.98. The molecule has 20 heavy (non-hydrogen) atoms. The molecule has 0 amide bonds. The fraction of sp³-hybridized carbons (Fsp3) is 0.588. The summed E-state index contributed by atoms with van der Waals surface area (Å²) in [4.78, 5) is 16.5. The Morgan fingerprint density at radius 1 is 1.20 bits per heavy atom. The second kappa shape index (κ2) is 6.31. The third-order valence-electron chi connectivity index (χ3n) is 4.79. The number of rotatable bonds is 4. The molecule has 1 aromatic carbocycles. The van der Waals surface area contributed by atoms with Crippen LogP contribution in [-0.2, 0) is 0 Å². The number of hydrogen-bond acceptors (Lipinski definition) is 3. The molecule has 1 saturated carbocycles. The molecule has 1 saturated heterocycles. The molecule has 2 fully saturated rings. The molecule has 1 unspecified atom stereocenters. The molecule has 2 nitrogen and oxygen atoms in total. The van der Waals surface area contributed by atoms with E-state index in [4.69, 9.17) is 0 Å². The number of carbonyl (C=O) groups is 1. The molecule has 1 heterocycles. The van der Waals surface area contributed by atoms with Gasteiger partial charge in [0, 0.05) is 29.0 Å². The van der Waals surface area contributed by atoms with E-state index in [0.29, 0.717) is 5.78 Å². The summed E-state index contributed by atoms with van der Waals surface area (Å²) in [5.41, 5.74) is 0.931. The lowest BCUT2D eigenvalue weighted by molar-refractivity contribution is 0.0610. The fourth-order valence-corrected chi connectivity index (χ4v) is 3.98. The van der Waals surface area contributed by atoms with Crippen molar-refractivity contribution in [1.82, 2.24) is 4.90 Å². The highest BCUT2D eigenvalue weighted by atomic mass is 32.2. The number of Topliss-reactive ketones (excluding diaryl/α,β-unsaturated/α-hetero) is 1. The molecule has 0 bridgehead atoms. The highest BCUT2D eigenvalue weighted by Gasteiger charge is 2.32. The summed E-state index contributed by atoms with van der Waals surface area (Å²) in [5, 5.41) is 0. The van der Waals surface area contributed by atoms with Crippen LogP contribution in [0.25, 0.3) is 0 Å². The minimum absolute atomic E-state index is 0.206. The van der Waals surface area contributed by atoms with Crippen LogP contribution in [0.3, 0.4) is 0 Å². The summed E-state index contributed by atoms with van der Waals surface area (Å²) in [6, 6.07) is 8.83. The van der Waals surface area contributed by atoms with Crippen molar-refractivity contribution >= 4 is 17.5 Å². The van der Waals surface area contributed by atoms with Gasteiger partial charge in [0.25, 0.3) is 0 Å². The maximum Gasteiger partial charge on any atom is 0.168 e. The number of thioether (sulfide) groups is 1. The molecule has 1 aliphatic carbocycles. The molecule has 1 atom stereocenters. The van der Waals surface area contributed by atoms with Crippen LogP contribution in [-0.4, -0.2) is 36.1 Å². The number of carbonyl (C=O) groups excluding carboxylic acids is 1. The van der Waals surface area contributed by atoms with Gasteiger partial charge in [-0.05, 0) is 44.6 Å². The summed E-state index contributed by atoms with van der Waals surface area (Å²) in [5.74, 6) is 0.566. The average Bonchev–Trinajstić information content (AvgIpc) is 2.45. The third-order valence-corrected chi connectivity index (χ3v) is 5.58. The molecule has 0 radical (unpaired) electrons. The first-order valence-corrected chi connectivity index (χ1v) is 8.93. The average molecular weight is 289 g/mol. The molecule has 108 valence electrons. The summed E-state index contributed by atoms with van der Waals surface area (Å²) < 4.78 is 0. The van der Waals surface area contributed by atoms with E-state index < -0.39 is 0 Å². The first-order chi connectivity index (χ1) is 9.79. The second-order valence-electron chi connectivity index (χ2n) is 5.98. The van der Waals surface area contributed by atoms with Crippen molar-refractivity contribution < 1.29 is 4.79 Å². The van der Waals surface area contributed by atoms with Crippen LogP contribution in [0.2, 0.25) is 0 Å². The lowest BCUT2D eigenvalue weighted by atomic mass is 9.85. The van der Waals surface area contributed by atoms with Crippen molar-refractivity contribution in [1.29, 1.82) is 0 Å². The zero-order valence-electron chi connectivity index (χ0n) is 12.2. The van der Waals surface area contributed by atoms with Gasteiger partial charge in [0.1, 0.15) is 0 Å². The number of hydrogen-bond donors (Lipinski definition) is 0. The number of piperidine rings is 1. The lowest BCUT2D eigenvalue weighted by Crippen LogP contribution is -2.47. The predicted molar refractivity (Wildman–Crippen MR) is 84.5 cm³/mol. The zero-order valence-corrected chi connectivity index (χ0v) is 13.0. The van der Waals surface area contributed by atoms with Crippen LogP contribution < -0.4 is 0 Å². The summed E-state index contributed by atoms with van der Waals surface area (Å²) in [7, 11) is 0. The fourth-order valence-electron chi connectivity index (χ4n) is 3.37. The molecular weight excluding hydrogens is 266 g/mol. The lowest BCUT2D eigenvalue weighted by Gasteiger charge is -2.42. The van der Waals surface area contributed by atoms with Gasteiger partial charge in [0.2, 0.25) is 0 Å². The van der Waals surface area contributed by atoms with Crippen LogP contribution in [0.4, 0.5) is 0 Å². The van der Waals surface area contributed by atoms with Crippen molar-refractivity contribution in [3.05, 3.63) is 29.8 Å². The van der Waals surface area contributed by atoms with Gasteiger partial charge in [0.05, 0.1) is 0 Å². The molecule has 0 spiro atoms. The molecule has 1 aromatic rings. The Morgan fingerprint density at radius 3 is 2.70 bits per heavy atom. The molecule has 0 aromatic heterocycles. The summed E-state index contributed by atoms with van der Waals surface area (Å²) in [6.07, 6.45) is 8.33. The van der Waals surface area contributed by atoms with Crippen molar-refractivity contribution in [3.8, 4) is 0 Å². The molecule has 3 heteroatoms. The zero-order chi connectivity index (χ0) is 13.9. The smallest absolute Gasteiger partial charge is 0.168 e. The van der Waals surface area contributed by atoms with Crippen molar-refractivity contribution in [2.24, 2.45) is 5.92 Å². The van der Waals surface area contributed by atoms with Crippen LogP contribution in [0.5, 0.6) is 0 Å². The molecule has 3 rings (SSSR count). The molecule has 1 aliphatic heterocycles. The van der Waals surface area contributed by atoms with E-state index in [1.807, 2.05) is 24.5 Å². The van der Waals surface area contributed by atoms with Crippen molar-refractivity contribution in [3.63, 3.8) is 0 Å². The largest absolute Gasteiger partial charge is 0.300 e. The standard InChI is InChI=1S/C17H23NOS/c1-20-16-10-3-2-9-15(16)17(19)13-6-5-11-18(12-13)14-7-4-8-14/h2-3,9-10,13-14H,4-8,11-12H2,1H3. The minimum atomic E-state index is 0.206. The Kier molecular flexibility index (Phi) is 4.47. The van der Waals surface area contributed by atoms with Crippen LogP contribution in [0.15, 0.2) is 29.2 Å². The SMILES string of the molecule is CSc1ccccc1C(=O)C1CCCN(C2CCC2)C1. The Hall–Kier alpha value is -0.800. The van der Waals surface area contributed by atoms with Gasteiger partial charge in [0.15, 0.2) is 5.78 Å². The van der Waals surface area contributed by atoms with E-state index in [2.05, 4.69) is 11.0 Å².